The second-order valence-electron chi connectivity index (χ2n) is 5.82. The molecule has 2 amide bonds. The number of benzene rings is 2. The summed E-state index contributed by atoms with van der Waals surface area (Å²) in [7, 11) is 0. The lowest BCUT2D eigenvalue weighted by Crippen LogP contribution is -2.28. The lowest BCUT2D eigenvalue weighted by atomic mass is 10.2. The lowest BCUT2D eigenvalue weighted by Gasteiger charge is -2.07. The highest BCUT2D eigenvalue weighted by Gasteiger charge is 2.33. The second kappa shape index (κ2) is 8.01. The predicted molar refractivity (Wildman–Crippen MR) is 97.7 cm³/mol. The van der Waals surface area contributed by atoms with Gasteiger partial charge in [0.05, 0.1) is 11.3 Å². The highest BCUT2D eigenvalue weighted by Crippen LogP contribution is 2.32. The molecule has 3 rings (SSSR count). The molecule has 0 spiro atoms. The first kappa shape index (κ1) is 19.9. The fraction of sp³-hybridized carbons (Fsp3) is 0.167. The number of aliphatic imine (C=N–C) groups is 1. The number of alkyl halides is 3. The molecular weight excluding hydrogens is 398 g/mol. The Morgan fingerprint density at radius 3 is 2.57 bits per heavy atom. The molecule has 2 N–H and O–H groups in total. The first-order valence-electron chi connectivity index (χ1n) is 7.99. The average Bonchev–Trinajstić information content (AvgIpc) is 2.95. The predicted octanol–water partition coefficient (Wildman–Crippen LogP) is 4.09. The summed E-state index contributed by atoms with van der Waals surface area (Å²) < 4.78 is 51.2. The van der Waals surface area contributed by atoms with Crippen molar-refractivity contribution in [3.05, 3.63) is 59.9 Å². The summed E-state index contributed by atoms with van der Waals surface area (Å²) in [6, 6.07) is 9.53. The summed E-state index contributed by atoms with van der Waals surface area (Å²) >= 11 is 0.956. The molecule has 1 saturated heterocycles. The van der Waals surface area contributed by atoms with Gasteiger partial charge in [0.15, 0.2) is 5.17 Å². The number of anilines is 1. The van der Waals surface area contributed by atoms with E-state index in [0.717, 1.165) is 23.9 Å². The molecule has 0 bridgehead atoms. The molecule has 1 aliphatic heterocycles. The van der Waals surface area contributed by atoms with Crippen LogP contribution in [0.3, 0.4) is 0 Å². The van der Waals surface area contributed by atoms with Gasteiger partial charge in [-0.25, -0.2) is 9.38 Å². The van der Waals surface area contributed by atoms with Crippen molar-refractivity contribution < 1.29 is 27.2 Å². The van der Waals surface area contributed by atoms with Gasteiger partial charge in [-0.05, 0) is 42.5 Å². The summed E-state index contributed by atoms with van der Waals surface area (Å²) in [5, 5.41) is 4.33. The van der Waals surface area contributed by atoms with Crippen molar-refractivity contribution in [2.45, 2.75) is 17.8 Å². The van der Waals surface area contributed by atoms with Crippen molar-refractivity contribution in [1.29, 1.82) is 0 Å². The third-order valence-corrected chi connectivity index (χ3v) is 4.76. The van der Waals surface area contributed by atoms with E-state index in [4.69, 9.17) is 0 Å². The number of amidine groups is 1. The molecule has 0 aromatic heterocycles. The minimum atomic E-state index is -4.50. The first-order chi connectivity index (χ1) is 13.2. The number of thioether (sulfide) groups is 1. The summed E-state index contributed by atoms with van der Waals surface area (Å²) in [6.07, 6.45) is -4.67. The molecule has 146 valence electrons. The quantitative estimate of drug-likeness (QED) is 0.745. The molecule has 0 aliphatic carbocycles. The van der Waals surface area contributed by atoms with Crippen LogP contribution in [-0.2, 0) is 15.8 Å². The van der Waals surface area contributed by atoms with Crippen LogP contribution in [0.25, 0.3) is 0 Å². The zero-order valence-corrected chi connectivity index (χ0v) is 14.9. The number of nitrogens with zero attached hydrogens (tertiary/aromatic N) is 1. The van der Waals surface area contributed by atoms with Gasteiger partial charge in [-0.2, -0.15) is 13.2 Å². The minimum Gasteiger partial charge on any atom is -0.326 e. The van der Waals surface area contributed by atoms with Crippen LogP contribution >= 0.6 is 11.8 Å². The van der Waals surface area contributed by atoms with Gasteiger partial charge in [-0.1, -0.05) is 17.8 Å². The van der Waals surface area contributed by atoms with E-state index in [1.54, 1.807) is 0 Å². The van der Waals surface area contributed by atoms with Gasteiger partial charge >= 0.3 is 6.18 Å². The number of halogens is 4. The van der Waals surface area contributed by atoms with Gasteiger partial charge < -0.3 is 10.6 Å². The highest BCUT2D eigenvalue weighted by atomic mass is 32.2. The summed E-state index contributed by atoms with van der Waals surface area (Å²) in [5.41, 5.74) is -0.430. The van der Waals surface area contributed by atoms with E-state index in [1.807, 2.05) is 0 Å². The van der Waals surface area contributed by atoms with Crippen molar-refractivity contribution in [2.75, 3.05) is 5.32 Å². The Labute approximate surface area is 161 Å². The van der Waals surface area contributed by atoms with Crippen LogP contribution in [0.15, 0.2) is 53.5 Å². The SMILES string of the molecule is O=C(C[C@H]1SC(=Nc2cccc(C(F)(F)F)c2)NC1=O)Nc1ccc(F)cc1. The van der Waals surface area contributed by atoms with E-state index >= 15 is 0 Å². The minimum absolute atomic E-state index is 0.0361. The largest absolute Gasteiger partial charge is 0.416 e. The number of hydrogen-bond acceptors (Lipinski definition) is 4. The number of carbonyl (C=O) groups excluding carboxylic acids is 2. The van der Waals surface area contributed by atoms with Gasteiger partial charge in [-0.15, -0.1) is 0 Å². The fourth-order valence-electron chi connectivity index (χ4n) is 2.37. The molecule has 0 unspecified atom stereocenters. The molecule has 1 fully saturated rings. The van der Waals surface area contributed by atoms with E-state index in [1.165, 1.54) is 36.4 Å². The third-order valence-electron chi connectivity index (χ3n) is 3.68. The number of nitrogens with one attached hydrogen (secondary N) is 2. The molecule has 1 heterocycles. The molecule has 1 aliphatic rings. The van der Waals surface area contributed by atoms with E-state index < -0.39 is 34.6 Å². The first-order valence-corrected chi connectivity index (χ1v) is 8.87. The maximum atomic E-state index is 12.9. The lowest BCUT2D eigenvalue weighted by molar-refractivity contribution is -0.137. The van der Waals surface area contributed by atoms with Crippen LogP contribution in [0.2, 0.25) is 0 Å². The normalized spacial score (nSPS) is 18.2. The van der Waals surface area contributed by atoms with Crippen LogP contribution < -0.4 is 10.6 Å². The molecule has 0 saturated carbocycles. The van der Waals surface area contributed by atoms with Crippen LogP contribution in [0.4, 0.5) is 28.9 Å². The summed E-state index contributed by atoms with van der Waals surface area (Å²) in [5.74, 6) is -1.37. The van der Waals surface area contributed by atoms with Crippen molar-refractivity contribution in [1.82, 2.24) is 5.32 Å². The van der Waals surface area contributed by atoms with Crippen molar-refractivity contribution >= 4 is 40.1 Å². The van der Waals surface area contributed by atoms with E-state index in [-0.39, 0.29) is 17.3 Å². The molecule has 28 heavy (non-hydrogen) atoms. The zero-order valence-electron chi connectivity index (χ0n) is 14.1. The smallest absolute Gasteiger partial charge is 0.326 e. The number of amides is 2. The van der Waals surface area contributed by atoms with Gasteiger partial charge in [0.2, 0.25) is 11.8 Å². The Bertz CT molecular complexity index is 929. The number of rotatable bonds is 4. The monoisotopic (exact) mass is 411 g/mol. The van der Waals surface area contributed by atoms with Gasteiger partial charge in [0.25, 0.3) is 0 Å². The maximum Gasteiger partial charge on any atom is 0.416 e. The van der Waals surface area contributed by atoms with Crippen LogP contribution in [-0.4, -0.2) is 22.2 Å². The van der Waals surface area contributed by atoms with Gasteiger partial charge in [-0.3, -0.25) is 9.59 Å². The summed E-state index contributed by atoms with van der Waals surface area (Å²) in [6.45, 7) is 0. The Morgan fingerprint density at radius 2 is 1.89 bits per heavy atom. The highest BCUT2D eigenvalue weighted by molar-refractivity contribution is 8.15. The van der Waals surface area contributed by atoms with Gasteiger partial charge in [0, 0.05) is 12.1 Å². The molecule has 0 radical (unpaired) electrons. The van der Waals surface area contributed by atoms with E-state index in [9.17, 15) is 27.2 Å². The topological polar surface area (TPSA) is 70.6 Å². The molecular formula is C18H13F4N3O2S. The third kappa shape index (κ3) is 5.10. The van der Waals surface area contributed by atoms with Gasteiger partial charge in [0.1, 0.15) is 11.1 Å². The van der Waals surface area contributed by atoms with Crippen molar-refractivity contribution in [3.8, 4) is 0 Å². The average molecular weight is 411 g/mol. The van der Waals surface area contributed by atoms with Crippen molar-refractivity contribution in [2.24, 2.45) is 4.99 Å². The Hall–Kier alpha value is -2.88. The number of carbonyl (C=O) groups is 2. The van der Waals surface area contributed by atoms with Crippen LogP contribution in [0, 0.1) is 5.82 Å². The van der Waals surface area contributed by atoms with Crippen molar-refractivity contribution in [3.63, 3.8) is 0 Å². The fourth-order valence-corrected chi connectivity index (χ4v) is 3.36. The molecule has 1 atom stereocenters. The number of hydrogen-bond donors (Lipinski definition) is 2. The molecule has 2 aromatic carbocycles. The summed E-state index contributed by atoms with van der Waals surface area (Å²) in [4.78, 5) is 28.1. The van der Waals surface area contributed by atoms with E-state index in [0.29, 0.717) is 5.69 Å². The van der Waals surface area contributed by atoms with E-state index in [2.05, 4.69) is 15.6 Å². The Balaban J connectivity index is 1.64. The van der Waals surface area contributed by atoms with Crippen LogP contribution in [0.5, 0.6) is 0 Å². The molecule has 10 heteroatoms. The standard InChI is InChI=1S/C18H13F4N3O2S/c19-11-4-6-12(7-5-11)23-15(26)9-14-16(27)25-17(28-14)24-13-3-1-2-10(8-13)18(20,21)22/h1-8,14H,9H2,(H,23,26)(H,24,25,27)/t14-/m1/s1. The second-order valence-corrected chi connectivity index (χ2v) is 7.01. The Kier molecular flexibility index (Phi) is 5.68. The van der Waals surface area contributed by atoms with Crippen LogP contribution in [0.1, 0.15) is 12.0 Å². The Morgan fingerprint density at radius 1 is 1.18 bits per heavy atom. The maximum absolute atomic E-state index is 12.9. The zero-order chi connectivity index (χ0) is 20.3. The molecule has 2 aromatic rings. The molecule has 5 nitrogen and oxygen atoms in total.